The van der Waals surface area contributed by atoms with Crippen molar-refractivity contribution in [1.82, 2.24) is 4.90 Å². The van der Waals surface area contributed by atoms with Gasteiger partial charge in [-0.25, -0.2) is 0 Å². The third kappa shape index (κ3) is 4.22. The zero-order chi connectivity index (χ0) is 14.5. The van der Waals surface area contributed by atoms with Gasteiger partial charge in [-0.1, -0.05) is 23.7 Å². The van der Waals surface area contributed by atoms with Gasteiger partial charge in [-0.15, -0.1) is 0 Å². The summed E-state index contributed by atoms with van der Waals surface area (Å²) in [4.78, 5) is 14.2. The maximum Gasteiger partial charge on any atom is 0.223 e. The van der Waals surface area contributed by atoms with Gasteiger partial charge in [-0.3, -0.25) is 4.79 Å². The largest absolute Gasteiger partial charge is 0.393 e. The Kier molecular flexibility index (Phi) is 5.44. The number of rotatable bonds is 5. The van der Waals surface area contributed by atoms with Crippen LogP contribution >= 0.6 is 11.6 Å². The highest BCUT2D eigenvalue weighted by atomic mass is 35.5. The number of aryl methyl sites for hydroxylation is 1. The summed E-state index contributed by atoms with van der Waals surface area (Å²) in [6.45, 7) is 2.61. The zero-order valence-corrected chi connectivity index (χ0v) is 12.6. The molecule has 1 saturated heterocycles. The van der Waals surface area contributed by atoms with Gasteiger partial charge in [-0.05, 0) is 50.3 Å². The lowest BCUT2D eigenvalue weighted by Gasteiger charge is -2.25. The maximum absolute atomic E-state index is 12.3. The Balaban J connectivity index is 1.88. The van der Waals surface area contributed by atoms with Gasteiger partial charge in [0.1, 0.15) is 0 Å². The van der Waals surface area contributed by atoms with Gasteiger partial charge in [0.25, 0.3) is 0 Å². The first kappa shape index (κ1) is 15.3. The molecule has 2 rings (SSSR count). The number of likely N-dealkylation sites (tertiary alicyclic amines) is 1. The number of halogens is 1. The summed E-state index contributed by atoms with van der Waals surface area (Å²) in [5.41, 5.74) is 1.09. The molecule has 1 aliphatic heterocycles. The highest BCUT2D eigenvalue weighted by Crippen LogP contribution is 2.23. The van der Waals surface area contributed by atoms with Crippen LogP contribution in [-0.2, 0) is 11.2 Å². The van der Waals surface area contributed by atoms with E-state index in [1.54, 1.807) is 6.92 Å². The minimum atomic E-state index is -0.346. The van der Waals surface area contributed by atoms with Crippen molar-refractivity contribution in [3.63, 3.8) is 0 Å². The fraction of sp³-hybridized carbons (Fsp3) is 0.562. The number of amides is 1. The number of aliphatic hydroxyl groups is 1. The van der Waals surface area contributed by atoms with Gasteiger partial charge in [0.2, 0.25) is 5.91 Å². The van der Waals surface area contributed by atoms with Crippen molar-refractivity contribution in [2.45, 2.75) is 51.2 Å². The molecule has 1 aromatic carbocycles. The van der Waals surface area contributed by atoms with Gasteiger partial charge in [0.15, 0.2) is 0 Å². The highest BCUT2D eigenvalue weighted by molar-refractivity contribution is 6.30. The van der Waals surface area contributed by atoms with Crippen molar-refractivity contribution in [2.75, 3.05) is 6.54 Å². The third-order valence-electron chi connectivity index (χ3n) is 3.83. The van der Waals surface area contributed by atoms with Gasteiger partial charge < -0.3 is 10.0 Å². The Hall–Kier alpha value is -1.06. The van der Waals surface area contributed by atoms with Crippen molar-refractivity contribution in [2.24, 2.45) is 0 Å². The van der Waals surface area contributed by atoms with E-state index < -0.39 is 0 Å². The molecule has 2 unspecified atom stereocenters. The highest BCUT2D eigenvalue weighted by Gasteiger charge is 2.28. The van der Waals surface area contributed by atoms with Crippen molar-refractivity contribution < 1.29 is 9.90 Å². The lowest BCUT2D eigenvalue weighted by atomic mass is 10.1. The number of nitrogens with zero attached hydrogens (tertiary/aromatic N) is 1. The predicted octanol–water partition coefficient (Wildman–Crippen LogP) is 3.03. The molecule has 20 heavy (non-hydrogen) atoms. The number of benzene rings is 1. The van der Waals surface area contributed by atoms with Gasteiger partial charge in [0.05, 0.1) is 6.10 Å². The summed E-state index contributed by atoms with van der Waals surface area (Å²) in [6, 6.07) is 7.87. The van der Waals surface area contributed by atoms with E-state index in [0.29, 0.717) is 17.9 Å². The van der Waals surface area contributed by atoms with Gasteiger partial charge >= 0.3 is 0 Å². The number of hydrogen-bond donors (Lipinski definition) is 1. The second-order valence-electron chi connectivity index (χ2n) is 5.60. The molecule has 1 aliphatic rings. The lowest BCUT2D eigenvalue weighted by Crippen LogP contribution is -2.37. The molecule has 4 heteroatoms. The minimum Gasteiger partial charge on any atom is -0.393 e. The topological polar surface area (TPSA) is 40.5 Å². The van der Waals surface area contributed by atoms with Crippen molar-refractivity contribution in [3.05, 3.63) is 34.9 Å². The van der Waals surface area contributed by atoms with Crippen LogP contribution in [0.3, 0.4) is 0 Å². The first-order valence-corrected chi connectivity index (χ1v) is 7.66. The molecule has 110 valence electrons. The normalized spacial score (nSPS) is 20.1. The predicted molar refractivity (Wildman–Crippen MR) is 80.8 cm³/mol. The third-order valence-corrected chi connectivity index (χ3v) is 4.06. The van der Waals surface area contributed by atoms with Crippen molar-refractivity contribution >= 4 is 17.5 Å². The summed E-state index contributed by atoms with van der Waals surface area (Å²) < 4.78 is 0. The SMILES string of the molecule is CC(O)CC1CCCN1C(=O)CCc1cccc(Cl)c1. The zero-order valence-electron chi connectivity index (χ0n) is 11.9. The second-order valence-corrected chi connectivity index (χ2v) is 6.03. The van der Waals surface area contributed by atoms with E-state index in [1.807, 2.05) is 29.2 Å². The van der Waals surface area contributed by atoms with Crippen LogP contribution in [0.1, 0.15) is 38.2 Å². The Bertz CT molecular complexity index is 462. The molecule has 0 aliphatic carbocycles. The summed E-state index contributed by atoms with van der Waals surface area (Å²) in [5.74, 6) is 0.188. The molecule has 0 radical (unpaired) electrons. The first-order valence-electron chi connectivity index (χ1n) is 7.28. The Labute approximate surface area is 125 Å². The van der Waals surface area contributed by atoms with Crippen LogP contribution in [0.4, 0.5) is 0 Å². The molecule has 0 aromatic heterocycles. The van der Waals surface area contributed by atoms with Crippen LogP contribution in [0.2, 0.25) is 5.02 Å². The molecular weight excluding hydrogens is 274 g/mol. The van der Waals surface area contributed by atoms with Crippen LogP contribution in [0.5, 0.6) is 0 Å². The molecule has 0 spiro atoms. The second kappa shape index (κ2) is 7.09. The molecule has 1 aromatic rings. The minimum absolute atomic E-state index is 0.188. The van der Waals surface area contributed by atoms with E-state index >= 15 is 0 Å². The fourth-order valence-electron chi connectivity index (χ4n) is 2.89. The molecule has 2 atom stereocenters. The fourth-order valence-corrected chi connectivity index (χ4v) is 3.10. The Morgan fingerprint density at radius 2 is 2.35 bits per heavy atom. The summed E-state index contributed by atoms with van der Waals surface area (Å²) in [6.07, 6.45) is 3.62. The maximum atomic E-state index is 12.3. The average Bonchev–Trinajstić information content (AvgIpc) is 2.83. The van der Waals surface area contributed by atoms with E-state index in [4.69, 9.17) is 11.6 Å². The van der Waals surface area contributed by atoms with Crippen LogP contribution in [0, 0.1) is 0 Å². The first-order chi connectivity index (χ1) is 9.56. The smallest absolute Gasteiger partial charge is 0.223 e. The molecule has 3 nitrogen and oxygen atoms in total. The summed E-state index contributed by atoms with van der Waals surface area (Å²) >= 11 is 5.94. The molecule has 1 fully saturated rings. The molecule has 0 bridgehead atoms. The standard InChI is InChI=1S/C16H22ClNO2/c1-12(19)10-15-6-3-9-18(15)16(20)8-7-13-4-2-5-14(17)11-13/h2,4-5,11-12,15,19H,3,6-10H2,1H3. The molecule has 1 heterocycles. The molecule has 0 saturated carbocycles. The Morgan fingerprint density at radius 3 is 3.05 bits per heavy atom. The van der Waals surface area contributed by atoms with Crippen LogP contribution in [0.15, 0.2) is 24.3 Å². The monoisotopic (exact) mass is 295 g/mol. The summed E-state index contributed by atoms with van der Waals surface area (Å²) in [7, 11) is 0. The number of aliphatic hydroxyl groups excluding tert-OH is 1. The van der Waals surface area contributed by atoms with Crippen LogP contribution in [0.25, 0.3) is 0 Å². The van der Waals surface area contributed by atoms with E-state index in [9.17, 15) is 9.90 Å². The molecular formula is C16H22ClNO2. The average molecular weight is 296 g/mol. The summed E-state index contributed by atoms with van der Waals surface area (Å²) in [5, 5.41) is 10.2. The van der Waals surface area contributed by atoms with E-state index in [-0.39, 0.29) is 18.1 Å². The number of hydrogen-bond acceptors (Lipinski definition) is 2. The van der Waals surface area contributed by atoms with Crippen LogP contribution < -0.4 is 0 Å². The molecule has 1 N–H and O–H groups in total. The van der Waals surface area contributed by atoms with E-state index in [0.717, 1.165) is 31.4 Å². The van der Waals surface area contributed by atoms with Crippen LogP contribution in [-0.4, -0.2) is 34.6 Å². The lowest BCUT2D eigenvalue weighted by molar-refractivity contribution is -0.132. The van der Waals surface area contributed by atoms with Crippen molar-refractivity contribution in [3.8, 4) is 0 Å². The van der Waals surface area contributed by atoms with Crippen molar-refractivity contribution in [1.29, 1.82) is 0 Å². The molecule has 1 amide bonds. The van der Waals surface area contributed by atoms with Gasteiger partial charge in [0, 0.05) is 24.0 Å². The Morgan fingerprint density at radius 1 is 1.55 bits per heavy atom. The van der Waals surface area contributed by atoms with E-state index in [2.05, 4.69) is 0 Å². The number of carbonyl (C=O) groups is 1. The number of carbonyl (C=O) groups excluding carboxylic acids is 1. The quantitative estimate of drug-likeness (QED) is 0.907. The van der Waals surface area contributed by atoms with Gasteiger partial charge in [-0.2, -0.15) is 0 Å². The van der Waals surface area contributed by atoms with E-state index in [1.165, 1.54) is 0 Å².